The third-order valence-electron chi connectivity index (χ3n) is 6.29. The van der Waals surface area contributed by atoms with Crippen LogP contribution >= 0.6 is 15.9 Å². The minimum absolute atomic E-state index is 0.844. The smallest absolute Gasteiger partial charge is 0.0500 e. The summed E-state index contributed by atoms with van der Waals surface area (Å²) in [6, 6.07) is 8.76. The Hall–Kier alpha value is -0.420. The van der Waals surface area contributed by atoms with E-state index in [4.69, 9.17) is 4.74 Å². The Labute approximate surface area is 160 Å². The molecule has 0 spiro atoms. The molecule has 4 rings (SSSR count). The molecule has 2 heterocycles. The second-order valence-corrected chi connectivity index (χ2v) is 9.06. The number of hydrogen-bond donors (Lipinski definition) is 0. The van der Waals surface area contributed by atoms with Crippen LogP contribution in [0.5, 0.6) is 0 Å². The molecule has 1 saturated carbocycles. The van der Waals surface area contributed by atoms with E-state index < -0.39 is 0 Å². The summed E-state index contributed by atoms with van der Waals surface area (Å²) in [7, 11) is 0. The van der Waals surface area contributed by atoms with E-state index >= 15 is 0 Å². The number of hydrogen-bond acceptors (Lipinski definition) is 3. The van der Waals surface area contributed by atoms with Gasteiger partial charge in [0.25, 0.3) is 0 Å². The fraction of sp³-hybridized carbons (Fsp3) is 0.714. The van der Waals surface area contributed by atoms with Gasteiger partial charge in [0.15, 0.2) is 0 Å². The quantitative estimate of drug-likeness (QED) is 0.606. The van der Waals surface area contributed by atoms with Gasteiger partial charge in [0.2, 0.25) is 0 Å². The van der Waals surface area contributed by atoms with Crippen molar-refractivity contribution in [1.82, 2.24) is 9.80 Å². The zero-order chi connectivity index (χ0) is 17.1. The van der Waals surface area contributed by atoms with Crippen molar-refractivity contribution in [1.29, 1.82) is 0 Å². The maximum absolute atomic E-state index is 6.00. The van der Waals surface area contributed by atoms with Crippen LogP contribution in [0.1, 0.15) is 31.2 Å². The lowest BCUT2D eigenvalue weighted by molar-refractivity contribution is 0.0967. The maximum Gasteiger partial charge on any atom is 0.0500 e. The highest BCUT2D eigenvalue weighted by Gasteiger charge is 2.55. The van der Waals surface area contributed by atoms with E-state index in [1.807, 2.05) is 0 Å². The maximum atomic E-state index is 6.00. The number of nitrogens with zero attached hydrogens (tertiary/aromatic N) is 2. The molecule has 1 unspecified atom stereocenters. The predicted octanol–water partition coefficient (Wildman–Crippen LogP) is 4.02. The van der Waals surface area contributed by atoms with Crippen LogP contribution in [0.25, 0.3) is 0 Å². The fourth-order valence-electron chi connectivity index (χ4n) is 4.75. The SMILES string of the molecule is Brc1ccc(CN2C[C@@H]3C(COCCCN4CCCCC4)[C@@H]3C2)cc1. The van der Waals surface area contributed by atoms with Gasteiger partial charge in [-0.05, 0) is 67.8 Å². The van der Waals surface area contributed by atoms with E-state index in [-0.39, 0.29) is 0 Å². The normalized spacial score (nSPS) is 29.7. The number of benzene rings is 1. The summed E-state index contributed by atoms with van der Waals surface area (Å²) in [6.45, 7) is 9.44. The van der Waals surface area contributed by atoms with Gasteiger partial charge in [-0.25, -0.2) is 0 Å². The van der Waals surface area contributed by atoms with Crippen LogP contribution in [0, 0.1) is 17.8 Å². The van der Waals surface area contributed by atoms with Crippen molar-refractivity contribution in [2.75, 3.05) is 45.9 Å². The van der Waals surface area contributed by atoms with Gasteiger partial charge in [-0.2, -0.15) is 0 Å². The molecule has 25 heavy (non-hydrogen) atoms. The first-order chi connectivity index (χ1) is 12.3. The Morgan fingerprint density at radius 3 is 2.40 bits per heavy atom. The minimum Gasteiger partial charge on any atom is -0.381 e. The molecule has 1 aromatic rings. The topological polar surface area (TPSA) is 15.7 Å². The van der Waals surface area contributed by atoms with Crippen molar-refractivity contribution in [3.05, 3.63) is 34.3 Å². The van der Waals surface area contributed by atoms with Crippen LogP contribution in [0.15, 0.2) is 28.7 Å². The van der Waals surface area contributed by atoms with Crippen molar-refractivity contribution in [2.45, 2.75) is 32.2 Å². The third-order valence-corrected chi connectivity index (χ3v) is 6.82. The number of rotatable bonds is 8. The zero-order valence-corrected chi connectivity index (χ0v) is 16.8. The summed E-state index contributed by atoms with van der Waals surface area (Å²) in [6.07, 6.45) is 5.42. The Morgan fingerprint density at radius 2 is 1.68 bits per heavy atom. The third kappa shape index (κ3) is 4.85. The average Bonchev–Trinajstić information content (AvgIpc) is 3.09. The Morgan fingerprint density at radius 1 is 0.960 bits per heavy atom. The van der Waals surface area contributed by atoms with E-state index in [1.165, 1.54) is 64.0 Å². The van der Waals surface area contributed by atoms with Gasteiger partial charge < -0.3 is 9.64 Å². The monoisotopic (exact) mass is 406 g/mol. The molecule has 2 aliphatic heterocycles. The number of halogens is 1. The first kappa shape index (κ1) is 18.0. The van der Waals surface area contributed by atoms with Crippen molar-refractivity contribution in [2.24, 2.45) is 17.8 Å². The molecule has 3 nitrogen and oxygen atoms in total. The second kappa shape index (κ2) is 8.51. The summed E-state index contributed by atoms with van der Waals surface area (Å²) < 4.78 is 7.17. The zero-order valence-electron chi connectivity index (χ0n) is 15.2. The van der Waals surface area contributed by atoms with Gasteiger partial charge in [-0.1, -0.05) is 34.5 Å². The van der Waals surface area contributed by atoms with Gasteiger partial charge >= 0.3 is 0 Å². The summed E-state index contributed by atoms with van der Waals surface area (Å²) in [4.78, 5) is 5.23. The summed E-state index contributed by atoms with van der Waals surface area (Å²) >= 11 is 3.51. The van der Waals surface area contributed by atoms with E-state index in [1.54, 1.807) is 0 Å². The van der Waals surface area contributed by atoms with Gasteiger partial charge in [-0.15, -0.1) is 0 Å². The van der Waals surface area contributed by atoms with Crippen LogP contribution in [-0.2, 0) is 11.3 Å². The Balaban J connectivity index is 1.07. The summed E-state index contributed by atoms with van der Waals surface area (Å²) in [5, 5.41) is 0. The van der Waals surface area contributed by atoms with E-state index in [9.17, 15) is 0 Å². The van der Waals surface area contributed by atoms with E-state index in [0.29, 0.717) is 0 Å². The van der Waals surface area contributed by atoms with Crippen LogP contribution in [0.3, 0.4) is 0 Å². The lowest BCUT2D eigenvalue weighted by atomic mass is 10.1. The molecule has 3 aliphatic rings. The molecular weight excluding hydrogens is 376 g/mol. The fourth-order valence-corrected chi connectivity index (χ4v) is 5.02. The number of ether oxygens (including phenoxy) is 1. The molecule has 0 N–H and O–H groups in total. The van der Waals surface area contributed by atoms with Crippen molar-refractivity contribution in [3.8, 4) is 0 Å². The molecule has 1 aromatic carbocycles. The van der Waals surface area contributed by atoms with Crippen LogP contribution in [0.2, 0.25) is 0 Å². The molecule has 0 aromatic heterocycles. The summed E-state index contributed by atoms with van der Waals surface area (Å²) in [5.74, 6) is 2.64. The van der Waals surface area contributed by atoms with Gasteiger partial charge in [-0.3, -0.25) is 4.90 Å². The molecular formula is C21H31BrN2O. The molecule has 4 heteroatoms. The van der Waals surface area contributed by atoms with Gasteiger partial charge in [0, 0.05) is 37.3 Å². The van der Waals surface area contributed by atoms with Crippen LogP contribution in [0.4, 0.5) is 0 Å². The lowest BCUT2D eigenvalue weighted by Crippen LogP contribution is -2.31. The standard InChI is InChI=1S/C21H31BrN2O/c22-18-7-5-17(6-8-18)13-24-14-19-20(15-24)21(19)16-25-12-4-11-23-9-2-1-3-10-23/h5-8,19-21H,1-4,9-16H2/t19-,20+,21?. The average molecular weight is 407 g/mol. The molecule has 0 bridgehead atoms. The van der Waals surface area contributed by atoms with E-state index in [2.05, 4.69) is 50.0 Å². The molecule has 2 saturated heterocycles. The highest BCUT2D eigenvalue weighted by Crippen LogP contribution is 2.52. The number of piperidine rings is 2. The van der Waals surface area contributed by atoms with Crippen molar-refractivity contribution >= 4 is 15.9 Å². The van der Waals surface area contributed by atoms with E-state index in [0.717, 1.165) is 42.0 Å². The predicted molar refractivity (Wildman–Crippen MR) is 106 cm³/mol. The van der Waals surface area contributed by atoms with Gasteiger partial charge in [0.05, 0.1) is 6.61 Å². The van der Waals surface area contributed by atoms with Crippen molar-refractivity contribution in [3.63, 3.8) is 0 Å². The van der Waals surface area contributed by atoms with Crippen LogP contribution < -0.4 is 0 Å². The molecule has 0 amide bonds. The highest BCUT2D eigenvalue weighted by atomic mass is 79.9. The Kier molecular flexibility index (Phi) is 6.12. The largest absolute Gasteiger partial charge is 0.381 e. The molecule has 3 atom stereocenters. The molecule has 1 aliphatic carbocycles. The Bertz CT molecular complexity index is 531. The second-order valence-electron chi connectivity index (χ2n) is 8.14. The van der Waals surface area contributed by atoms with Gasteiger partial charge in [0.1, 0.15) is 0 Å². The minimum atomic E-state index is 0.844. The molecule has 0 radical (unpaired) electrons. The molecule has 3 fully saturated rings. The van der Waals surface area contributed by atoms with Crippen LogP contribution in [-0.4, -0.2) is 55.7 Å². The summed E-state index contributed by atoms with van der Waals surface area (Å²) in [5.41, 5.74) is 1.43. The highest BCUT2D eigenvalue weighted by molar-refractivity contribution is 9.10. The first-order valence-corrected chi connectivity index (χ1v) is 10.9. The van der Waals surface area contributed by atoms with Crippen molar-refractivity contribution < 1.29 is 4.74 Å². The number of likely N-dealkylation sites (tertiary alicyclic amines) is 2. The number of fused-ring (bicyclic) bond motifs is 1. The lowest BCUT2D eigenvalue weighted by Gasteiger charge is -2.26. The molecule has 138 valence electrons. The first-order valence-electron chi connectivity index (χ1n) is 10.1.